The summed E-state index contributed by atoms with van der Waals surface area (Å²) in [7, 11) is 0. The summed E-state index contributed by atoms with van der Waals surface area (Å²) in [6, 6.07) is 13.5. The average molecular weight is 391 g/mol. The van der Waals surface area contributed by atoms with Crippen LogP contribution in [0.2, 0.25) is 5.02 Å². The summed E-state index contributed by atoms with van der Waals surface area (Å²) in [4.78, 5) is 4.56. The molecule has 2 aromatic carbocycles. The molecule has 1 N–H and O–H groups in total. The summed E-state index contributed by atoms with van der Waals surface area (Å²) in [5, 5.41) is 4.41. The molecular weight excluding hydrogens is 371 g/mol. The molecule has 0 aliphatic heterocycles. The van der Waals surface area contributed by atoms with Crippen molar-refractivity contribution in [3.63, 3.8) is 0 Å². The second-order valence-corrected chi connectivity index (χ2v) is 8.06. The summed E-state index contributed by atoms with van der Waals surface area (Å²) in [5.41, 5.74) is 1.91. The summed E-state index contributed by atoms with van der Waals surface area (Å²) < 4.78 is 20.6. The van der Waals surface area contributed by atoms with Crippen LogP contribution in [0.15, 0.2) is 42.5 Å². The highest BCUT2D eigenvalue weighted by Gasteiger charge is 2.26. The summed E-state index contributed by atoms with van der Waals surface area (Å²) >= 11 is 7.31. The lowest BCUT2D eigenvalue weighted by Crippen LogP contribution is -2.38. The minimum Gasteiger partial charge on any atom is -0.371 e. The van der Waals surface area contributed by atoms with Gasteiger partial charge in [0.05, 0.1) is 34.0 Å². The SMILES string of the molecule is Fc1cc2sc(N[C@@H]3CCCC[C@@H]3OCc3ccccc3)nc2cc1Cl. The van der Waals surface area contributed by atoms with Crippen molar-refractivity contribution < 1.29 is 9.13 Å². The van der Waals surface area contributed by atoms with Crippen molar-refractivity contribution >= 4 is 38.3 Å². The normalized spacial score (nSPS) is 20.4. The van der Waals surface area contributed by atoms with Crippen LogP contribution < -0.4 is 5.32 Å². The first-order valence-electron chi connectivity index (χ1n) is 8.87. The number of thiazole rings is 1. The van der Waals surface area contributed by atoms with Crippen LogP contribution in [0.25, 0.3) is 10.2 Å². The van der Waals surface area contributed by atoms with Gasteiger partial charge in [0, 0.05) is 0 Å². The largest absolute Gasteiger partial charge is 0.371 e. The maximum Gasteiger partial charge on any atom is 0.184 e. The van der Waals surface area contributed by atoms with Crippen LogP contribution in [0.3, 0.4) is 0 Å². The average Bonchev–Trinajstić information content (AvgIpc) is 3.03. The minimum absolute atomic E-state index is 0.107. The molecule has 1 aliphatic carbocycles. The summed E-state index contributed by atoms with van der Waals surface area (Å²) in [6.07, 6.45) is 4.59. The van der Waals surface area contributed by atoms with E-state index in [2.05, 4.69) is 22.4 Å². The Hall–Kier alpha value is -1.69. The van der Waals surface area contributed by atoms with Crippen LogP contribution in [0.1, 0.15) is 31.2 Å². The number of hydrogen-bond donors (Lipinski definition) is 1. The van der Waals surface area contributed by atoms with Gasteiger partial charge in [-0.2, -0.15) is 0 Å². The second-order valence-electron chi connectivity index (χ2n) is 6.62. The Kier molecular flexibility index (Phi) is 5.38. The lowest BCUT2D eigenvalue weighted by molar-refractivity contribution is 0.00884. The lowest BCUT2D eigenvalue weighted by Gasteiger charge is -2.32. The fourth-order valence-electron chi connectivity index (χ4n) is 3.38. The van der Waals surface area contributed by atoms with Crippen LogP contribution in [0.4, 0.5) is 9.52 Å². The Labute approximate surface area is 161 Å². The predicted octanol–water partition coefficient (Wildman–Crippen LogP) is 6.03. The number of halogens is 2. The third-order valence-corrected chi connectivity index (χ3v) is 5.99. The molecule has 1 heterocycles. The van der Waals surface area contributed by atoms with Crippen molar-refractivity contribution in [3.05, 3.63) is 58.9 Å². The topological polar surface area (TPSA) is 34.1 Å². The Bertz CT molecular complexity index is 847. The van der Waals surface area contributed by atoms with Gasteiger partial charge < -0.3 is 10.1 Å². The van der Waals surface area contributed by atoms with Crippen LogP contribution >= 0.6 is 22.9 Å². The summed E-state index contributed by atoms with van der Waals surface area (Å²) in [6.45, 7) is 0.615. The van der Waals surface area contributed by atoms with E-state index in [9.17, 15) is 4.39 Å². The number of benzene rings is 2. The highest BCUT2D eigenvalue weighted by molar-refractivity contribution is 7.22. The molecule has 3 nitrogen and oxygen atoms in total. The molecule has 1 saturated carbocycles. The Balaban J connectivity index is 1.46. The molecule has 0 saturated heterocycles. The maximum atomic E-state index is 13.6. The van der Waals surface area contributed by atoms with Crippen molar-refractivity contribution in [3.8, 4) is 0 Å². The van der Waals surface area contributed by atoms with Crippen molar-refractivity contribution in [2.75, 3.05) is 5.32 Å². The highest BCUT2D eigenvalue weighted by atomic mass is 35.5. The van der Waals surface area contributed by atoms with Gasteiger partial charge in [0.15, 0.2) is 5.13 Å². The third kappa shape index (κ3) is 4.00. The monoisotopic (exact) mass is 390 g/mol. The Morgan fingerprint density at radius 2 is 2.00 bits per heavy atom. The van der Waals surface area contributed by atoms with Gasteiger partial charge in [0.1, 0.15) is 5.82 Å². The lowest BCUT2D eigenvalue weighted by atomic mass is 9.92. The molecule has 2 atom stereocenters. The van der Waals surface area contributed by atoms with E-state index in [1.807, 2.05) is 18.2 Å². The first-order valence-corrected chi connectivity index (χ1v) is 10.1. The molecule has 0 radical (unpaired) electrons. The molecule has 1 aromatic heterocycles. The quantitative estimate of drug-likeness (QED) is 0.577. The number of anilines is 1. The van der Waals surface area contributed by atoms with Gasteiger partial charge in [-0.1, -0.05) is 66.1 Å². The zero-order valence-corrected chi connectivity index (χ0v) is 15.8. The molecule has 3 aromatic rings. The van der Waals surface area contributed by atoms with Gasteiger partial charge in [0.25, 0.3) is 0 Å². The molecule has 136 valence electrons. The first-order chi connectivity index (χ1) is 12.7. The van der Waals surface area contributed by atoms with E-state index in [-0.39, 0.29) is 17.2 Å². The Morgan fingerprint density at radius 1 is 1.19 bits per heavy atom. The maximum absolute atomic E-state index is 13.6. The molecule has 0 bridgehead atoms. The van der Waals surface area contributed by atoms with E-state index in [1.165, 1.54) is 35.8 Å². The molecule has 1 fully saturated rings. The highest BCUT2D eigenvalue weighted by Crippen LogP contribution is 2.32. The fourth-order valence-corrected chi connectivity index (χ4v) is 4.47. The van der Waals surface area contributed by atoms with E-state index < -0.39 is 5.82 Å². The van der Waals surface area contributed by atoms with E-state index in [4.69, 9.17) is 16.3 Å². The van der Waals surface area contributed by atoms with Crippen molar-refractivity contribution in [1.82, 2.24) is 4.98 Å². The zero-order valence-electron chi connectivity index (χ0n) is 14.3. The number of nitrogens with zero attached hydrogens (tertiary/aromatic N) is 1. The van der Waals surface area contributed by atoms with E-state index in [1.54, 1.807) is 6.07 Å². The molecular formula is C20H20ClFN2OS. The van der Waals surface area contributed by atoms with Crippen molar-refractivity contribution in [2.24, 2.45) is 0 Å². The van der Waals surface area contributed by atoms with Gasteiger partial charge in [-0.15, -0.1) is 0 Å². The van der Waals surface area contributed by atoms with Gasteiger partial charge in [-0.3, -0.25) is 0 Å². The molecule has 0 amide bonds. The predicted molar refractivity (Wildman–Crippen MR) is 105 cm³/mol. The molecule has 26 heavy (non-hydrogen) atoms. The molecule has 4 rings (SSSR count). The van der Waals surface area contributed by atoms with Crippen LogP contribution in [-0.2, 0) is 11.3 Å². The number of aromatic nitrogens is 1. The van der Waals surface area contributed by atoms with Gasteiger partial charge in [-0.05, 0) is 30.5 Å². The number of fused-ring (bicyclic) bond motifs is 1. The van der Waals surface area contributed by atoms with E-state index in [0.29, 0.717) is 6.61 Å². The van der Waals surface area contributed by atoms with Gasteiger partial charge in [0.2, 0.25) is 0 Å². The molecule has 1 aliphatic rings. The van der Waals surface area contributed by atoms with Crippen LogP contribution in [-0.4, -0.2) is 17.1 Å². The second kappa shape index (κ2) is 7.91. The fraction of sp³-hybridized carbons (Fsp3) is 0.350. The van der Waals surface area contributed by atoms with Gasteiger partial charge >= 0.3 is 0 Å². The zero-order chi connectivity index (χ0) is 17.9. The number of nitrogens with one attached hydrogen (secondary N) is 1. The molecule has 0 unspecified atom stereocenters. The number of ether oxygens (including phenoxy) is 1. The summed E-state index contributed by atoms with van der Waals surface area (Å²) in [5.74, 6) is -0.406. The Morgan fingerprint density at radius 3 is 2.85 bits per heavy atom. The van der Waals surface area contributed by atoms with E-state index >= 15 is 0 Å². The number of rotatable bonds is 5. The van der Waals surface area contributed by atoms with Crippen molar-refractivity contribution in [1.29, 1.82) is 0 Å². The van der Waals surface area contributed by atoms with Crippen molar-refractivity contribution in [2.45, 2.75) is 44.4 Å². The minimum atomic E-state index is -0.406. The van der Waals surface area contributed by atoms with Gasteiger partial charge in [-0.25, -0.2) is 9.37 Å². The third-order valence-electron chi connectivity index (χ3n) is 4.75. The molecule has 0 spiro atoms. The molecule has 6 heteroatoms. The van der Waals surface area contributed by atoms with Crippen LogP contribution in [0.5, 0.6) is 0 Å². The number of hydrogen-bond acceptors (Lipinski definition) is 4. The first kappa shape index (κ1) is 17.7. The van der Waals surface area contributed by atoms with Crippen LogP contribution in [0, 0.1) is 5.82 Å². The van der Waals surface area contributed by atoms with E-state index in [0.717, 1.165) is 28.2 Å². The smallest absolute Gasteiger partial charge is 0.184 e. The standard InChI is InChI=1S/C20H20ClFN2OS/c21-14-10-17-19(11-15(14)22)26-20(24-17)23-16-8-4-5-9-18(16)25-12-13-6-2-1-3-7-13/h1-3,6-7,10-11,16,18H,4-5,8-9,12H2,(H,23,24)/t16-,18+/m1/s1.